The lowest BCUT2D eigenvalue weighted by Gasteiger charge is -2.00. The van der Waals surface area contributed by atoms with E-state index in [0.717, 1.165) is 12.8 Å². The highest BCUT2D eigenvalue weighted by atomic mass is 16.2. The van der Waals surface area contributed by atoms with Crippen molar-refractivity contribution >= 4 is 0 Å². The Morgan fingerprint density at radius 2 is 1.24 bits per heavy atom. The van der Waals surface area contributed by atoms with Gasteiger partial charge in [-0.3, -0.25) is 0 Å². The molecule has 0 rings (SSSR count). The molecule has 0 aliphatic heterocycles. The fourth-order valence-corrected chi connectivity index (χ4v) is 1.91. The third-order valence-electron chi connectivity index (χ3n) is 3.05. The van der Waals surface area contributed by atoms with E-state index in [2.05, 4.69) is 19.1 Å². The molecule has 0 aliphatic carbocycles. The quantitative estimate of drug-likeness (QED) is 0.346. The van der Waals surface area contributed by atoms with E-state index in [1.165, 1.54) is 57.8 Å². The van der Waals surface area contributed by atoms with Gasteiger partial charge in [-0.2, -0.15) is 0 Å². The number of allylic oxidation sites excluding steroid dienone is 2. The van der Waals surface area contributed by atoms with Gasteiger partial charge in [-0.15, -0.1) is 0 Å². The van der Waals surface area contributed by atoms with Gasteiger partial charge in [-0.25, -0.2) is 0 Å². The van der Waals surface area contributed by atoms with Gasteiger partial charge < -0.3 is 5.11 Å². The van der Waals surface area contributed by atoms with Gasteiger partial charge in [0.25, 0.3) is 0 Å². The van der Waals surface area contributed by atoms with Gasteiger partial charge in [0.1, 0.15) is 0 Å². The average Bonchev–Trinajstić information content (AvgIpc) is 2.34. The second-order valence-corrected chi connectivity index (χ2v) is 4.79. The molecule has 17 heavy (non-hydrogen) atoms. The number of unbranched alkanes of at least 4 members (excludes halogenated alkanes) is 9. The summed E-state index contributed by atoms with van der Waals surface area (Å²) in [5.41, 5.74) is 0. The van der Waals surface area contributed by atoms with Crippen LogP contribution in [0.3, 0.4) is 0 Å². The molecule has 0 saturated carbocycles. The topological polar surface area (TPSA) is 20.2 Å². The van der Waals surface area contributed by atoms with Crippen LogP contribution in [-0.4, -0.2) is 11.7 Å². The average molecular weight is 242 g/mol. The Kier molecular flexibility index (Phi) is 12.1. The molecule has 0 fully saturated rings. The maximum absolute atomic E-state index is 8.92. The molecular formula is C16H32O. The molecule has 0 aromatic rings. The Bertz CT molecular complexity index is 209. The van der Waals surface area contributed by atoms with Gasteiger partial charge in [0.15, 0.2) is 0 Å². The molecule has 0 unspecified atom stereocenters. The van der Waals surface area contributed by atoms with E-state index in [0.29, 0.717) is 0 Å². The van der Waals surface area contributed by atoms with Crippen LogP contribution in [0.25, 0.3) is 0 Å². The molecule has 102 valence electrons. The lowest BCUT2D eigenvalue weighted by Crippen LogP contribution is -1.84. The van der Waals surface area contributed by atoms with Crippen molar-refractivity contribution in [3.05, 3.63) is 12.2 Å². The summed E-state index contributed by atoms with van der Waals surface area (Å²) in [5.74, 6) is 0. The maximum Gasteiger partial charge on any atom is 0.0564 e. The maximum atomic E-state index is 8.92. The summed E-state index contributed by atoms with van der Waals surface area (Å²) >= 11 is 0. The van der Waals surface area contributed by atoms with Crippen molar-refractivity contribution < 1.29 is 7.85 Å². The Labute approximate surface area is 111 Å². The van der Waals surface area contributed by atoms with Crippen LogP contribution in [0.2, 0.25) is 0 Å². The van der Waals surface area contributed by atoms with Crippen LogP contribution in [0.15, 0.2) is 12.2 Å². The summed E-state index contributed by atoms with van der Waals surface area (Å²) in [6.07, 6.45) is 18.1. The summed E-state index contributed by atoms with van der Waals surface area (Å²) in [6, 6.07) is 0. The van der Waals surface area contributed by atoms with E-state index in [9.17, 15) is 0 Å². The predicted octanol–water partition coefficient (Wildman–Crippen LogP) is 5.24. The first-order valence-corrected chi connectivity index (χ1v) is 7.43. The molecule has 1 N–H and O–H groups in total. The second-order valence-electron chi connectivity index (χ2n) is 4.79. The number of aliphatic hydroxyl groups is 1. The first-order valence-electron chi connectivity index (χ1n) is 8.43. The minimum atomic E-state index is -1.97. The third kappa shape index (κ3) is 15.7. The Balaban J connectivity index is 3.09. The number of hydrogen-bond acceptors (Lipinski definition) is 1. The van der Waals surface area contributed by atoms with E-state index in [1.54, 1.807) is 0 Å². The minimum Gasteiger partial charge on any atom is -0.396 e. The van der Waals surface area contributed by atoms with Crippen molar-refractivity contribution in [3.8, 4) is 0 Å². The highest BCUT2D eigenvalue weighted by molar-refractivity contribution is 4.81. The Hall–Kier alpha value is -0.300. The standard InChI is InChI=1S/C16H32O/c1-2-3-4-5-6-7-8-9-10-11-12-13-14-15-16-17/h5-6,17H,2-4,7-16H2,1H3/b6-5-/i16D2. The SMILES string of the molecule is [2H]C([2H])(O)CCCCCCCCC/C=C\CCCC. The van der Waals surface area contributed by atoms with Crippen molar-refractivity contribution in [1.29, 1.82) is 0 Å². The van der Waals surface area contributed by atoms with Crippen LogP contribution in [0.5, 0.6) is 0 Å². The monoisotopic (exact) mass is 242 g/mol. The summed E-state index contributed by atoms with van der Waals surface area (Å²) < 4.78 is 14.0. The lowest BCUT2D eigenvalue weighted by atomic mass is 10.1. The number of rotatable bonds is 13. The molecular weight excluding hydrogens is 208 g/mol. The van der Waals surface area contributed by atoms with E-state index in [1.807, 2.05) is 0 Å². The molecule has 0 saturated heterocycles. The van der Waals surface area contributed by atoms with Crippen molar-refractivity contribution in [1.82, 2.24) is 0 Å². The zero-order valence-corrected chi connectivity index (χ0v) is 11.6. The third-order valence-corrected chi connectivity index (χ3v) is 3.05. The van der Waals surface area contributed by atoms with Crippen LogP contribution in [0.4, 0.5) is 0 Å². The molecule has 0 bridgehead atoms. The summed E-state index contributed by atoms with van der Waals surface area (Å²) in [4.78, 5) is 0. The van der Waals surface area contributed by atoms with Gasteiger partial charge >= 0.3 is 0 Å². The number of hydrogen-bond donors (Lipinski definition) is 1. The first kappa shape index (κ1) is 13.1. The second kappa shape index (κ2) is 15.7. The van der Waals surface area contributed by atoms with Gasteiger partial charge in [-0.05, 0) is 25.7 Å². The van der Waals surface area contributed by atoms with Gasteiger partial charge in [-0.1, -0.05) is 70.4 Å². The van der Waals surface area contributed by atoms with Crippen molar-refractivity contribution in [2.24, 2.45) is 0 Å². The van der Waals surface area contributed by atoms with E-state index >= 15 is 0 Å². The molecule has 0 aromatic heterocycles. The van der Waals surface area contributed by atoms with Gasteiger partial charge in [0.2, 0.25) is 0 Å². The minimum absolute atomic E-state index is 0.273. The summed E-state index contributed by atoms with van der Waals surface area (Å²) in [5, 5.41) is 8.92. The largest absolute Gasteiger partial charge is 0.396 e. The highest BCUT2D eigenvalue weighted by Crippen LogP contribution is 2.10. The van der Waals surface area contributed by atoms with Crippen molar-refractivity contribution in [3.63, 3.8) is 0 Å². The van der Waals surface area contributed by atoms with E-state index in [4.69, 9.17) is 7.85 Å². The summed E-state index contributed by atoms with van der Waals surface area (Å²) in [6.45, 7) is 0.257. The summed E-state index contributed by atoms with van der Waals surface area (Å²) in [7, 11) is 0. The van der Waals surface area contributed by atoms with Crippen LogP contribution in [0.1, 0.15) is 86.7 Å². The van der Waals surface area contributed by atoms with Crippen molar-refractivity contribution in [2.45, 2.75) is 84.0 Å². The predicted molar refractivity (Wildman–Crippen MR) is 77.3 cm³/mol. The zero-order valence-electron chi connectivity index (χ0n) is 13.6. The molecule has 0 amide bonds. The molecule has 0 radical (unpaired) electrons. The van der Waals surface area contributed by atoms with Crippen LogP contribution in [-0.2, 0) is 0 Å². The van der Waals surface area contributed by atoms with Crippen LogP contribution >= 0.6 is 0 Å². The normalized spacial score (nSPS) is 14.0. The molecule has 0 heterocycles. The molecule has 0 aromatic carbocycles. The van der Waals surface area contributed by atoms with Crippen LogP contribution in [0, 0.1) is 0 Å². The van der Waals surface area contributed by atoms with Crippen LogP contribution < -0.4 is 0 Å². The van der Waals surface area contributed by atoms with E-state index in [-0.39, 0.29) is 6.42 Å². The van der Waals surface area contributed by atoms with Gasteiger partial charge in [0.05, 0.1) is 2.74 Å². The fourth-order valence-electron chi connectivity index (χ4n) is 1.91. The molecule has 1 nitrogen and oxygen atoms in total. The Morgan fingerprint density at radius 1 is 0.765 bits per heavy atom. The molecule has 0 spiro atoms. The van der Waals surface area contributed by atoms with Crippen molar-refractivity contribution in [2.75, 3.05) is 6.56 Å². The molecule has 0 atom stereocenters. The highest BCUT2D eigenvalue weighted by Gasteiger charge is 1.91. The van der Waals surface area contributed by atoms with E-state index < -0.39 is 6.56 Å². The molecule has 1 heteroatoms. The smallest absolute Gasteiger partial charge is 0.0564 e. The Morgan fingerprint density at radius 3 is 1.76 bits per heavy atom. The fraction of sp³-hybridized carbons (Fsp3) is 0.875. The van der Waals surface area contributed by atoms with Gasteiger partial charge in [0, 0.05) is 6.56 Å². The molecule has 0 aliphatic rings. The zero-order chi connectivity index (χ0) is 14.4. The lowest BCUT2D eigenvalue weighted by molar-refractivity contribution is 0.282. The first-order chi connectivity index (χ1) is 9.06.